The maximum Gasteiger partial charge on any atom is 0.226 e. The van der Waals surface area contributed by atoms with E-state index in [9.17, 15) is 29.2 Å². The number of imidazole rings is 2. The minimum absolute atomic E-state index is 0.179. The van der Waals surface area contributed by atoms with E-state index < -0.39 is 0 Å². The number of carbonyl (C=O) groups excluding carboxylic acids is 1. The molecule has 2 aliphatic heterocycles. The highest BCUT2D eigenvalue weighted by Gasteiger charge is 2.28. The Kier molecular flexibility index (Phi) is 13.1. The highest BCUT2D eigenvalue weighted by molar-refractivity contribution is 7.17. The number of rotatable bonds is 12. The lowest BCUT2D eigenvalue weighted by Gasteiger charge is -2.35. The number of aliphatic hydroxyl groups is 1. The van der Waals surface area contributed by atoms with E-state index >= 15 is 0 Å². The first-order valence-corrected chi connectivity index (χ1v) is 25.7. The lowest BCUT2D eigenvalue weighted by molar-refractivity contribution is -0.119. The predicted octanol–water partition coefficient (Wildman–Crippen LogP) is 9.08. The van der Waals surface area contributed by atoms with Crippen LogP contribution in [0.1, 0.15) is 35.0 Å². The Morgan fingerprint density at radius 1 is 0.592 bits per heavy atom. The van der Waals surface area contributed by atoms with Crippen LogP contribution in [-0.2, 0) is 17.6 Å². The van der Waals surface area contributed by atoms with Crippen molar-refractivity contribution in [3.63, 3.8) is 0 Å². The summed E-state index contributed by atoms with van der Waals surface area (Å²) in [7, 11) is 3.80. The van der Waals surface area contributed by atoms with E-state index in [1.807, 2.05) is 93.0 Å². The number of aromatic nitrogens is 10. The summed E-state index contributed by atoms with van der Waals surface area (Å²) in [6.45, 7) is 5.88. The van der Waals surface area contributed by atoms with Crippen LogP contribution in [0, 0.1) is 34.3 Å². The van der Waals surface area contributed by atoms with E-state index in [0.717, 1.165) is 56.6 Å². The fourth-order valence-electron chi connectivity index (χ4n) is 8.94. The van der Waals surface area contributed by atoms with Gasteiger partial charge in [-0.15, -0.1) is 0 Å². The average Bonchev–Trinajstić information content (AvgIpc) is 4.28. The topological polar surface area (TPSA) is 210 Å². The fourth-order valence-corrected chi connectivity index (χ4v) is 10.6. The van der Waals surface area contributed by atoms with Crippen LogP contribution < -0.4 is 19.6 Å². The zero-order chi connectivity index (χ0) is 52.8. The van der Waals surface area contributed by atoms with Crippen molar-refractivity contribution in [2.75, 3.05) is 59.9 Å². The minimum atomic E-state index is -0.343. The summed E-state index contributed by atoms with van der Waals surface area (Å²) in [6.07, 6.45) is 12.1. The second-order valence-corrected chi connectivity index (χ2v) is 19.9. The maximum atomic E-state index is 13.5. The number of Topliss-reactive ketones (excluding diaryl/α,β-unsaturated/α-hetero) is 1. The Balaban J connectivity index is 0.000000162. The molecule has 10 aromatic rings. The smallest absolute Gasteiger partial charge is 0.226 e. The van der Waals surface area contributed by atoms with Crippen LogP contribution in [0.4, 0.5) is 42.6 Å². The van der Waals surface area contributed by atoms with Gasteiger partial charge in [0.25, 0.3) is 0 Å². The highest BCUT2D eigenvalue weighted by Crippen LogP contribution is 2.39. The number of hydrogen-bond donors (Lipinski definition) is 1. The summed E-state index contributed by atoms with van der Waals surface area (Å²) >= 11 is 2.56. The van der Waals surface area contributed by atoms with Crippen molar-refractivity contribution in [1.29, 1.82) is 10.5 Å². The van der Waals surface area contributed by atoms with Crippen LogP contribution in [0.2, 0.25) is 0 Å². The third-order valence-electron chi connectivity index (χ3n) is 13.0. The molecule has 2 aromatic carbocycles. The molecular weight excluding hydrogens is 1010 g/mol. The van der Waals surface area contributed by atoms with Crippen LogP contribution in [-0.4, -0.2) is 106 Å². The molecule has 2 fully saturated rings. The molecule has 8 aromatic heterocycles. The molecule has 378 valence electrons. The number of hydrogen-bond acceptors (Lipinski definition) is 18. The van der Waals surface area contributed by atoms with Crippen LogP contribution in [0.3, 0.4) is 0 Å². The molecule has 0 atom stereocenters. The van der Waals surface area contributed by atoms with E-state index in [4.69, 9.17) is 19.9 Å². The first-order valence-electron chi connectivity index (χ1n) is 24.1. The van der Waals surface area contributed by atoms with Gasteiger partial charge < -0.3 is 24.7 Å². The first kappa shape index (κ1) is 49.1. The quantitative estimate of drug-likeness (QED) is 0.121. The SMILES string of the molecule is CCc1nc2ccc(-c3cnc(N4CC(=O)C4)nc3)cn2c1N(C)c1nc(-c2ccc(F)cc2)c(C#N)s1.CCc1nc2ccc(-c3cnc(N4CC(O)C4)nc3)cn2c1N(C)c1nc(-c2ccc(F)cc2)c(C#N)s1. The number of pyridine rings is 2. The van der Waals surface area contributed by atoms with Gasteiger partial charge in [-0.3, -0.25) is 13.6 Å². The molecule has 0 bridgehead atoms. The number of β-amino-alcohol motifs (C(OH)–C–C–N with tert-alkyl or cyclic N) is 1. The van der Waals surface area contributed by atoms with E-state index in [-0.39, 0.29) is 23.5 Å². The molecule has 10 heterocycles. The normalized spacial score (nSPS) is 13.2. The predicted molar refractivity (Wildman–Crippen MR) is 287 cm³/mol. The molecule has 0 amide bonds. The molecule has 76 heavy (non-hydrogen) atoms. The Morgan fingerprint density at radius 3 is 1.36 bits per heavy atom. The van der Waals surface area contributed by atoms with Gasteiger partial charge in [0.1, 0.15) is 67.8 Å². The molecule has 0 saturated carbocycles. The summed E-state index contributed by atoms with van der Waals surface area (Å²) in [5.74, 6) is 2.33. The van der Waals surface area contributed by atoms with Gasteiger partial charge in [0.05, 0.1) is 30.6 Å². The molecule has 12 rings (SSSR count). The Hall–Kier alpha value is -9.09. The van der Waals surface area contributed by atoms with Crippen molar-refractivity contribution in [3.05, 3.63) is 143 Å². The van der Waals surface area contributed by atoms with Crippen LogP contribution in [0.25, 0.3) is 56.1 Å². The van der Waals surface area contributed by atoms with Gasteiger partial charge in [0.15, 0.2) is 16.0 Å². The number of nitriles is 2. The van der Waals surface area contributed by atoms with Crippen molar-refractivity contribution in [1.82, 2.24) is 48.7 Å². The van der Waals surface area contributed by atoms with Gasteiger partial charge in [-0.25, -0.2) is 48.7 Å². The molecule has 1 N–H and O–H groups in total. The number of benzene rings is 2. The zero-order valence-electron chi connectivity index (χ0n) is 41.3. The van der Waals surface area contributed by atoms with Crippen molar-refractivity contribution in [2.24, 2.45) is 0 Å². The maximum absolute atomic E-state index is 13.5. The van der Waals surface area contributed by atoms with Gasteiger partial charge in [-0.05, 0) is 85.6 Å². The Bertz CT molecular complexity index is 3890. The molecule has 18 nitrogen and oxygen atoms in total. The van der Waals surface area contributed by atoms with E-state index in [1.54, 1.807) is 49.1 Å². The lowest BCUT2D eigenvalue weighted by atomic mass is 10.1. The molecule has 0 radical (unpaired) electrons. The van der Waals surface area contributed by atoms with Crippen molar-refractivity contribution < 1.29 is 18.7 Å². The number of carbonyl (C=O) groups is 1. The lowest BCUT2D eigenvalue weighted by Crippen LogP contribution is -2.51. The summed E-state index contributed by atoms with van der Waals surface area (Å²) in [5, 5.41) is 30.3. The minimum Gasteiger partial charge on any atom is -0.389 e. The number of thiazole rings is 2. The number of anilines is 6. The number of halogens is 2. The summed E-state index contributed by atoms with van der Waals surface area (Å²) in [6, 6.07) is 24.3. The molecular formula is C54H44F2N16O2S2. The number of aliphatic hydroxyl groups excluding tert-OH is 1. The standard InChI is InChI=1S/C27H23FN8OS.C27H21FN8OS/c2*1-3-21-25(34(2)27-33-24(22(10-29)38-27)16-4-7-19(28)8-5-16)36-13-17(6-9-23(36)32-21)18-11-30-26(31-12-18)35-14-20(37)15-35/h4-9,11-13,20,37H,3,14-15H2,1-2H3;4-9,11-13H,3,14-15H2,1-2H3. The van der Waals surface area contributed by atoms with Gasteiger partial charge in [0.2, 0.25) is 11.9 Å². The molecule has 2 saturated heterocycles. The highest BCUT2D eigenvalue weighted by atomic mass is 32.1. The summed E-state index contributed by atoms with van der Waals surface area (Å²) < 4.78 is 30.9. The van der Waals surface area contributed by atoms with Crippen LogP contribution >= 0.6 is 22.7 Å². The first-order chi connectivity index (χ1) is 36.9. The van der Waals surface area contributed by atoms with E-state index in [1.165, 1.54) is 46.9 Å². The number of ketones is 1. The summed E-state index contributed by atoms with van der Waals surface area (Å²) in [5.41, 5.74) is 9.28. The van der Waals surface area contributed by atoms with Crippen LogP contribution in [0.15, 0.2) is 110 Å². The van der Waals surface area contributed by atoms with Gasteiger partial charge in [0, 0.05) is 97.7 Å². The second-order valence-electron chi connectivity index (χ2n) is 18.0. The Labute approximate surface area is 441 Å². The van der Waals surface area contributed by atoms with Crippen LogP contribution in [0.5, 0.6) is 0 Å². The number of nitrogens with zero attached hydrogens (tertiary/aromatic N) is 16. The second kappa shape index (κ2) is 20.3. The van der Waals surface area contributed by atoms with Gasteiger partial charge >= 0.3 is 0 Å². The molecule has 22 heteroatoms. The molecule has 0 unspecified atom stereocenters. The van der Waals surface area contributed by atoms with Crippen molar-refractivity contribution in [2.45, 2.75) is 32.8 Å². The van der Waals surface area contributed by atoms with Gasteiger partial charge in [-0.1, -0.05) is 36.5 Å². The number of aryl methyl sites for hydroxylation is 2. The molecule has 2 aliphatic rings. The number of fused-ring (bicyclic) bond motifs is 2. The monoisotopic (exact) mass is 1050 g/mol. The largest absolute Gasteiger partial charge is 0.389 e. The molecule has 0 aliphatic carbocycles. The average molecular weight is 1050 g/mol. The van der Waals surface area contributed by atoms with E-state index in [2.05, 4.69) is 32.1 Å². The van der Waals surface area contributed by atoms with Crippen molar-refractivity contribution in [3.8, 4) is 56.9 Å². The fraction of sp³-hybridized carbons (Fsp3) is 0.204. The third-order valence-corrected chi connectivity index (χ3v) is 15.1. The molecule has 0 spiro atoms. The van der Waals surface area contributed by atoms with E-state index in [0.29, 0.717) is 93.4 Å². The third kappa shape index (κ3) is 9.29. The van der Waals surface area contributed by atoms with Gasteiger partial charge in [-0.2, -0.15) is 10.5 Å². The zero-order valence-corrected chi connectivity index (χ0v) is 42.9. The van der Waals surface area contributed by atoms with Crippen molar-refractivity contribution >= 4 is 73.5 Å². The summed E-state index contributed by atoms with van der Waals surface area (Å²) in [4.78, 5) is 56.8. The Morgan fingerprint density at radius 2 is 0.987 bits per heavy atom.